The summed E-state index contributed by atoms with van der Waals surface area (Å²) < 4.78 is 10.6. The van der Waals surface area contributed by atoms with Crippen molar-refractivity contribution in [2.45, 2.75) is 0 Å². The van der Waals surface area contributed by atoms with E-state index in [1.165, 1.54) is 0 Å². The lowest BCUT2D eigenvalue weighted by Crippen LogP contribution is -2.28. The largest absolute Gasteiger partial charge is 0.497 e. The van der Waals surface area contributed by atoms with Gasteiger partial charge in [-0.3, -0.25) is 4.79 Å². The van der Waals surface area contributed by atoms with Crippen LogP contribution < -0.4 is 14.8 Å². The summed E-state index contributed by atoms with van der Waals surface area (Å²) in [5.41, 5.74) is 1.04. The topological polar surface area (TPSA) is 71.3 Å². The van der Waals surface area contributed by atoms with Crippen LogP contribution in [-0.4, -0.2) is 26.2 Å². The van der Waals surface area contributed by atoms with Crippen LogP contribution in [0.15, 0.2) is 48.5 Å². The number of hydrogen-bond acceptors (Lipinski definition) is 4. The van der Waals surface area contributed by atoms with Crippen molar-refractivity contribution < 1.29 is 14.3 Å². The van der Waals surface area contributed by atoms with E-state index in [2.05, 4.69) is 5.32 Å². The van der Waals surface area contributed by atoms with Crippen LogP contribution in [0.5, 0.6) is 11.5 Å². The molecular weight excluding hydrogens is 280 g/mol. The fraction of sp³-hybridized carbons (Fsp3) is 0.176. The van der Waals surface area contributed by atoms with Crippen molar-refractivity contribution in [3.8, 4) is 17.6 Å². The van der Waals surface area contributed by atoms with Crippen LogP contribution in [0.25, 0.3) is 0 Å². The van der Waals surface area contributed by atoms with E-state index >= 15 is 0 Å². The second-order valence-corrected chi connectivity index (χ2v) is 4.47. The Hall–Kier alpha value is -3.00. The van der Waals surface area contributed by atoms with E-state index < -0.39 is 0 Å². The third-order valence-corrected chi connectivity index (χ3v) is 2.97. The number of nitrogens with one attached hydrogen (secondary N) is 1. The molecule has 22 heavy (non-hydrogen) atoms. The van der Waals surface area contributed by atoms with E-state index in [0.717, 1.165) is 5.75 Å². The molecular formula is C17H16N2O3. The molecule has 0 aliphatic rings. The molecule has 0 bridgehead atoms. The van der Waals surface area contributed by atoms with E-state index in [4.69, 9.17) is 14.7 Å². The van der Waals surface area contributed by atoms with Crippen molar-refractivity contribution in [1.82, 2.24) is 5.32 Å². The Labute approximate surface area is 129 Å². The van der Waals surface area contributed by atoms with E-state index in [9.17, 15) is 4.79 Å². The number of ether oxygens (including phenoxy) is 2. The Bertz CT molecular complexity index is 675. The molecule has 0 aliphatic carbocycles. The molecule has 0 aromatic heterocycles. The normalized spacial score (nSPS) is 9.64. The molecule has 0 heterocycles. The van der Waals surface area contributed by atoms with Gasteiger partial charge >= 0.3 is 0 Å². The molecule has 0 unspecified atom stereocenters. The second-order valence-electron chi connectivity index (χ2n) is 4.47. The molecule has 0 saturated heterocycles. The minimum atomic E-state index is -0.196. The zero-order valence-electron chi connectivity index (χ0n) is 12.2. The highest BCUT2D eigenvalue weighted by Gasteiger charge is 2.04. The summed E-state index contributed by atoms with van der Waals surface area (Å²) in [5, 5.41) is 11.5. The maximum atomic E-state index is 11.9. The predicted octanol–water partition coefficient (Wildman–Crippen LogP) is 2.38. The van der Waals surface area contributed by atoms with Gasteiger partial charge in [-0.15, -0.1) is 0 Å². The van der Waals surface area contributed by atoms with Gasteiger partial charge in [-0.25, -0.2) is 0 Å². The second kappa shape index (κ2) is 7.70. The number of carbonyl (C=O) groups excluding carboxylic acids is 1. The van der Waals surface area contributed by atoms with E-state index in [1.807, 2.05) is 24.3 Å². The van der Waals surface area contributed by atoms with Crippen molar-refractivity contribution in [3.05, 3.63) is 59.7 Å². The molecule has 0 aliphatic heterocycles. The first-order chi connectivity index (χ1) is 10.7. The van der Waals surface area contributed by atoms with Crippen molar-refractivity contribution >= 4 is 5.91 Å². The zero-order valence-corrected chi connectivity index (χ0v) is 12.2. The first-order valence-electron chi connectivity index (χ1n) is 6.78. The molecule has 2 rings (SSSR count). The molecule has 1 N–H and O–H groups in total. The van der Waals surface area contributed by atoms with Crippen molar-refractivity contribution in [3.63, 3.8) is 0 Å². The number of methoxy groups -OCH3 is 1. The van der Waals surface area contributed by atoms with E-state index in [-0.39, 0.29) is 5.91 Å². The third kappa shape index (κ3) is 4.25. The minimum absolute atomic E-state index is 0.196. The molecule has 5 heteroatoms. The Morgan fingerprint density at radius 2 is 1.91 bits per heavy atom. The van der Waals surface area contributed by atoms with Crippen molar-refractivity contribution in [2.75, 3.05) is 20.3 Å². The number of amides is 1. The van der Waals surface area contributed by atoms with Crippen LogP contribution >= 0.6 is 0 Å². The lowest BCUT2D eigenvalue weighted by Gasteiger charge is -2.09. The van der Waals surface area contributed by atoms with Gasteiger partial charge in [0.05, 0.1) is 25.3 Å². The summed E-state index contributed by atoms with van der Waals surface area (Å²) in [5.74, 6) is 1.21. The average molecular weight is 296 g/mol. The van der Waals surface area contributed by atoms with Crippen LogP contribution in [0.4, 0.5) is 0 Å². The van der Waals surface area contributed by atoms with Gasteiger partial charge in [0, 0.05) is 11.6 Å². The predicted molar refractivity (Wildman–Crippen MR) is 82.0 cm³/mol. The summed E-state index contributed by atoms with van der Waals surface area (Å²) in [6.07, 6.45) is 0. The SMILES string of the molecule is COc1cccc(OCCNC(=O)c2ccc(C#N)cc2)c1. The summed E-state index contributed by atoms with van der Waals surface area (Å²) in [7, 11) is 1.59. The van der Waals surface area contributed by atoms with Crippen LogP contribution in [0.2, 0.25) is 0 Å². The molecule has 0 saturated carbocycles. The molecule has 1 amide bonds. The van der Waals surface area contributed by atoms with Gasteiger partial charge in [0.2, 0.25) is 0 Å². The Kier molecular flexibility index (Phi) is 5.38. The summed E-state index contributed by atoms with van der Waals surface area (Å²) >= 11 is 0. The molecule has 0 atom stereocenters. The molecule has 2 aromatic rings. The highest BCUT2D eigenvalue weighted by atomic mass is 16.5. The van der Waals surface area contributed by atoms with Gasteiger partial charge < -0.3 is 14.8 Å². The van der Waals surface area contributed by atoms with Gasteiger partial charge in [0.25, 0.3) is 5.91 Å². The Balaban J connectivity index is 1.78. The number of carbonyl (C=O) groups is 1. The monoisotopic (exact) mass is 296 g/mol. The van der Waals surface area contributed by atoms with E-state index in [1.54, 1.807) is 37.4 Å². The van der Waals surface area contributed by atoms with Gasteiger partial charge in [-0.2, -0.15) is 5.26 Å². The van der Waals surface area contributed by atoms with Crippen LogP contribution in [0.3, 0.4) is 0 Å². The van der Waals surface area contributed by atoms with E-state index in [0.29, 0.717) is 30.0 Å². The Morgan fingerprint density at radius 1 is 1.18 bits per heavy atom. The molecule has 5 nitrogen and oxygen atoms in total. The molecule has 112 valence electrons. The number of nitriles is 1. The number of hydrogen-bond donors (Lipinski definition) is 1. The quantitative estimate of drug-likeness (QED) is 0.831. The minimum Gasteiger partial charge on any atom is -0.497 e. The number of rotatable bonds is 6. The fourth-order valence-electron chi connectivity index (χ4n) is 1.82. The van der Waals surface area contributed by atoms with Crippen molar-refractivity contribution in [1.29, 1.82) is 5.26 Å². The smallest absolute Gasteiger partial charge is 0.251 e. The van der Waals surface area contributed by atoms with Crippen molar-refractivity contribution in [2.24, 2.45) is 0 Å². The van der Waals surface area contributed by atoms with Crippen LogP contribution in [-0.2, 0) is 0 Å². The molecule has 0 radical (unpaired) electrons. The standard InChI is InChI=1S/C17H16N2O3/c1-21-15-3-2-4-16(11-15)22-10-9-19-17(20)14-7-5-13(12-18)6-8-14/h2-8,11H,9-10H2,1H3,(H,19,20). The summed E-state index contributed by atoms with van der Waals surface area (Å²) in [6.45, 7) is 0.741. The highest BCUT2D eigenvalue weighted by Crippen LogP contribution is 2.18. The van der Waals surface area contributed by atoms with Gasteiger partial charge in [0.15, 0.2) is 0 Å². The van der Waals surface area contributed by atoms with Gasteiger partial charge in [0.1, 0.15) is 18.1 Å². The lowest BCUT2D eigenvalue weighted by atomic mass is 10.1. The summed E-state index contributed by atoms with van der Waals surface area (Å²) in [6, 6.07) is 15.8. The Morgan fingerprint density at radius 3 is 2.59 bits per heavy atom. The third-order valence-electron chi connectivity index (χ3n) is 2.97. The molecule has 0 fully saturated rings. The average Bonchev–Trinajstić information content (AvgIpc) is 2.58. The maximum absolute atomic E-state index is 11.9. The number of nitrogens with zero attached hydrogens (tertiary/aromatic N) is 1. The first-order valence-corrected chi connectivity index (χ1v) is 6.78. The zero-order chi connectivity index (χ0) is 15.8. The summed E-state index contributed by atoms with van der Waals surface area (Å²) in [4.78, 5) is 11.9. The van der Waals surface area contributed by atoms with Gasteiger partial charge in [-0.05, 0) is 36.4 Å². The molecule has 2 aromatic carbocycles. The fourth-order valence-corrected chi connectivity index (χ4v) is 1.82. The lowest BCUT2D eigenvalue weighted by molar-refractivity contribution is 0.0947. The number of benzene rings is 2. The van der Waals surface area contributed by atoms with Crippen LogP contribution in [0, 0.1) is 11.3 Å². The maximum Gasteiger partial charge on any atom is 0.251 e. The first kappa shape index (κ1) is 15.4. The highest BCUT2D eigenvalue weighted by molar-refractivity contribution is 5.94. The van der Waals surface area contributed by atoms with Crippen LogP contribution in [0.1, 0.15) is 15.9 Å². The van der Waals surface area contributed by atoms with Gasteiger partial charge in [-0.1, -0.05) is 6.07 Å². The molecule has 0 spiro atoms.